The van der Waals surface area contributed by atoms with Gasteiger partial charge in [-0.25, -0.2) is 4.57 Å². The van der Waals surface area contributed by atoms with Crippen molar-refractivity contribution < 1.29 is 37.6 Å². The Kier molecular flexibility index (Phi) is 40.2. The minimum Gasteiger partial charge on any atom is -0.462 e. The fraction of sp³-hybridized carbons (Fsp3) is 0.617. The van der Waals surface area contributed by atoms with Crippen LogP contribution in [0.2, 0.25) is 0 Å². The number of allylic oxidation sites excluding steroid dienone is 16. The fourth-order valence-corrected chi connectivity index (χ4v) is 5.96. The van der Waals surface area contributed by atoms with Crippen molar-refractivity contribution in [3.8, 4) is 0 Å². The zero-order valence-electron chi connectivity index (χ0n) is 35.5. The molecule has 0 aliphatic carbocycles. The molecule has 0 amide bonds. The van der Waals surface area contributed by atoms with Crippen molar-refractivity contribution in [2.75, 3.05) is 26.4 Å². The van der Waals surface area contributed by atoms with E-state index in [4.69, 9.17) is 24.3 Å². The molecule has 0 rings (SSSR count). The SMILES string of the molecule is CCCCCC=CCC=CCC=CCC=CCCCCCC(=O)OC(COC(=O)CCCC=CCC=CCC=CCC=CCCCCC)COP(=O)(O)OCCN. The maximum Gasteiger partial charge on any atom is 0.472 e. The van der Waals surface area contributed by atoms with Crippen LogP contribution < -0.4 is 5.73 Å². The van der Waals surface area contributed by atoms with Crippen LogP contribution in [0.25, 0.3) is 0 Å². The van der Waals surface area contributed by atoms with Crippen LogP contribution >= 0.6 is 7.82 Å². The number of carbonyl (C=O) groups excluding carboxylic acids is 2. The molecular weight excluding hydrogens is 737 g/mol. The van der Waals surface area contributed by atoms with Crippen LogP contribution in [0, 0.1) is 0 Å². The number of nitrogens with two attached hydrogens (primary N) is 1. The van der Waals surface area contributed by atoms with Gasteiger partial charge in [-0.1, -0.05) is 143 Å². The first-order valence-electron chi connectivity index (χ1n) is 21.7. The van der Waals surface area contributed by atoms with E-state index in [0.29, 0.717) is 12.8 Å². The maximum atomic E-state index is 12.6. The molecule has 2 atom stereocenters. The molecule has 0 aromatic rings. The Morgan fingerprint density at radius 2 is 0.930 bits per heavy atom. The largest absolute Gasteiger partial charge is 0.472 e. The van der Waals surface area contributed by atoms with Gasteiger partial charge < -0.3 is 20.1 Å². The van der Waals surface area contributed by atoms with Crippen LogP contribution in [-0.4, -0.2) is 49.3 Å². The zero-order chi connectivity index (χ0) is 41.8. The number of hydrogen-bond donors (Lipinski definition) is 2. The van der Waals surface area contributed by atoms with Crippen LogP contribution in [0.1, 0.15) is 155 Å². The van der Waals surface area contributed by atoms with E-state index in [1.165, 1.54) is 51.4 Å². The summed E-state index contributed by atoms with van der Waals surface area (Å²) in [7, 11) is -4.41. The van der Waals surface area contributed by atoms with Gasteiger partial charge in [0.15, 0.2) is 6.10 Å². The molecule has 0 saturated carbocycles. The molecule has 0 bridgehead atoms. The molecule has 0 aromatic heterocycles. The van der Waals surface area contributed by atoms with Crippen molar-refractivity contribution in [2.45, 2.75) is 161 Å². The highest BCUT2D eigenvalue weighted by Gasteiger charge is 2.25. The lowest BCUT2D eigenvalue weighted by atomic mass is 10.1. The molecule has 0 heterocycles. The third-order valence-corrected chi connectivity index (χ3v) is 9.43. The van der Waals surface area contributed by atoms with Crippen LogP contribution in [0.5, 0.6) is 0 Å². The molecule has 324 valence electrons. The minimum atomic E-state index is -4.41. The molecule has 2 unspecified atom stereocenters. The highest BCUT2D eigenvalue weighted by atomic mass is 31.2. The molecule has 9 nitrogen and oxygen atoms in total. The molecular formula is C47H78NO8P. The van der Waals surface area contributed by atoms with E-state index in [1.807, 2.05) is 6.08 Å². The molecule has 57 heavy (non-hydrogen) atoms. The van der Waals surface area contributed by atoms with E-state index in [2.05, 4.69) is 105 Å². The smallest absolute Gasteiger partial charge is 0.462 e. The second kappa shape index (κ2) is 42.5. The predicted molar refractivity (Wildman–Crippen MR) is 238 cm³/mol. The van der Waals surface area contributed by atoms with Crippen LogP contribution in [0.4, 0.5) is 0 Å². The van der Waals surface area contributed by atoms with Gasteiger partial charge in [-0.05, 0) is 96.3 Å². The lowest BCUT2D eigenvalue weighted by Crippen LogP contribution is -2.29. The summed E-state index contributed by atoms with van der Waals surface area (Å²) in [5.41, 5.74) is 5.34. The fourth-order valence-electron chi connectivity index (χ4n) is 5.20. The monoisotopic (exact) mass is 816 g/mol. The van der Waals surface area contributed by atoms with Gasteiger partial charge in [0.2, 0.25) is 0 Å². The van der Waals surface area contributed by atoms with E-state index >= 15 is 0 Å². The number of hydrogen-bond acceptors (Lipinski definition) is 8. The summed E-state index contributed by atoms with van der Waals surface area (Å²) in [6.07, 6.45) is 54.4. The number of phosphoric acid groups is 1. The first-order chi connectivity index (χ1) is 27.8. The highest BCUT2D eigenvalue weighted by molar-refractivity contribution is 7.47. The van der Waals surface area contributed by atoms with Gasteiger partial charge in [-0.15, -0.1) is 0 Å². The Labute approximate surface area is 346 Å². The Bertz CT molecular complexity index is 1250. The average Bonchev–Trinajstić information content (AvgIpc) is 3.20. The van der Waals surface area contributed by atoms with Gasteiger partial charge in [0, 0.05) is 19.4 Å². The summed E-state index contributed by atoms with van der Waals surface area (Å²) in [4.78, 5) is 34.8. The van der Waals surface area contributed by atoms with E-state index in [1.54, 1.807) is 0 Å². The normalized spacial score (nSPS) is 14.2. The van der Waals surface area contributed by atoms with Crippen molar-refractivity contribution in [1.82, 2.24) is 0 Å². The summed E-state index contributed by atoms with van der Waals surface area (Å²) >= 11 is 0. The lowest BCUT2D eigenvalue weighted by molar-refractivity contribution is -0.161. The van der Waals surface area contributed by atoms with Crippen LogP contribution in [0.15, 0.2) is 97.2 Å². The first-order valence-corrected chi connectivity index (χ1v) is 23.2. The van der Waals surface area contributed by atoms with Gasteiger partial charge in [0.25, 0.3) is 0 Å². The summed E-state index contributed by atoms with van der Waals surface area (Å²) in [6.45, 7) is 3.55. The maximum absolute atomic E-state index is 12.6. The first kappa shape index (κ1) is 53.9. The topological polar surface area (TPSA) is 134 Å². The molecule has 0 aliphatic rings. The van der Waals surface area contributed by atoms with Gasteiger partial charge >= 0.3 is 19.8 Å². The molecule has 3 N–H and O–H groups in total. The minimum absolute atomic E-state index is 0.0351. The van der Waals surface area contributed by atoms with Gasteiger partial charge in [0.1, 0.15) is 6.61 Å². The second-order valence-corrected chi connectivity index (χ2v) is 15.3. The standard InChI is InChI=1S/C47H78NO8P/c1-3-5-7-9-11-13-15-17-19-21-22-24-26-28-30-32-34-36-38-40-47(50)56-45(44-55-57(51,52)54-42-41-48)43-53-46(49)39-37-35-33-31-29-27-25-23-20-18-16-14-12-10-8-6-4-2/h11-14,17-20,22,24-25,27-28,30-31,33,45H,3-10,15-16,21,23,26,29,32,34-44,48H2,1-2H3,(H,51,52). The zero-order valence-corrected chi connectivity index (χ0v) is 36.4. The predicted octanol–water partition coefficient (Wildman–Crippen LogP) is 12.6. The third kappa shape index (κ3) is 42.4. The molecule has 0 aromatic carbocycles. The Balaban J connectivity index is 4.34. The lowest BCUT2D eigenvalue weighted by Gasteiger charge is -2.19. The Morgan fingerprint density at radius 3 is 1.37 bits per heavy atom. The molecule has 0 fully saturated rings. The molecule has 0 saturated heterocycles. The number of esters is 2. The van der Waals surface area contributed by atoms with Gasteiger partial charge in [-0.2, -0.15) is 0 Å². The second-order valence-electron chi connectivity index (χ2n) is 13.8. The average molecular weight is 816 g/mol. The van der Waals surface area contributed by atoms with Crippen molar-refractivity contribution in [2.24, 2.45) is 5.73 Å². The van der Waals surface area contributed by atoms with Crippen molar-refractivity contribution in [1.29, 1.82) is 0 Å². The third-order valence-electron chi connectivity index (χ3n) is 8.44. The number of ether oxygens (including phenoxy) is 2. The van der Waals surface area contributed by atoms with Crippen LogP contribution in [-0.2, 0) is 32.7 Å². The van der Waals surface area contributed by atoms with Gasteiger partial charge in [0.05, 0.1) is 13.2 Å². The molecule has 10 heteroatoms. The Hall–Kier alpha value is -3.07. The van der Waals surface area contributed by atoms with Crippen molar-refractivity contribution >= 4 is 19.8 Å². The van der Waals surface area contributed by atoms with E-state index in [0.717, 1.165) is 64.2 Å². The van der Waals surface area contributed by atoms with Gasteiger partial charge in [-0.3, -0.25) is 18.6 Å². The van der Waals surface area contributed by atoms with Crippen molar-refractivity contribution in [3.05, 3.63) is 97.2 Å². The quantitative estimate of drug-likeness (QED) is 0.0269. The summed E-state index contributed by atoms with van der Waals surface area (Å²) < 4.78 is 32.7. The number of rotatable bonds is 39. The summed E-state index contributed by atoms with van der Waals surface area (Å²) in [5, 5.41) is 0. The Morgan fingerprint density at radius 1 is 0.526 bits per heavy atom. The van der Waals surface area contributed by atoms with E-state index in [-0.39, 0.29) is 32.6 Å². The molecule has 0 aliphatic heterocycles. The summed E-state index contributed by atoms with van der Waals surface area (Å²) in [6, 6.07) is 0. The molecule has 0 spiro atoms. The number of unbranched alkanes of at least 4 members (excludes halogenated alkanes) is 10. The summed E-state index contributed by atoms with van der Waals surface area (Å²) in [5.74, 6) is -0.941. The molecule has 0 radical (unpaired) electrons. The number of phosphoric ester groups is 1. The van der Waals surface area contributed by atoms with Crippen LogP contribution in [0.3, 0.4) is 0 Å². The highest BCUT2D eigenvalue weighted by Crippen LogP contribution is 2.43. The van der Waals surface area contributed by atoms with Crippen molar-refractivity contribution in [3.63, 3.8) is 0 Å². The van der Waals surface area contributed by atoms with E-state index < -0.39 is 32.5 Å². The number of carbonyl (C=O) groups is 2. The van der Waals surface area contributed by atoms with E-state index in [9.17, 15) is 19.0 Å².